The molecule has 1 saturated carbocycles. The molecule has 3 unspecified atom stereocenters. The molecule has 1 aliphatic rings. The predicted octanol–water partition coefficient (Wildman–Crippen LogP) is 3.93. The zero-order valence-electron chi connectivity index (χ0n) is 14.2. The summed E-state index contributed by atoms with van der Waals surface area (Å²) in [5, 5.41) is 14.9. The first-order valence-electron chi connectivity index (χ1n) is 8.81. The van der Waals surface area contributed by atoms with Crippen molar-refractivity contribution in [1.29, 1.82) is 0 Å². The fourth-order valence-electron chi connectivity index (χ4n) is 3.53. The number of halogens is 1. The quantitative estimate of drug-likeness (QED) is 0.733. The van der Waals surface area contributed by atoms with Crippen molar-refractivity contribution in [3.8, 4) is 0 Å². The first kappa shape index (κ1) is 16.7. The first-order chi connectivity index (χ1) is 12.7. The van der Waals surface area contributed by atoms with Crippen molar-refractivity contribution in [1.82, 2.24) is 5.32 Å². The van der Waals surface area contributed by atoms with E-state index < -0.39 is 6.04 Å². The molecule has 0 radical (unpaired) electrons. The minimum absolute atomic E-state index is 0.0571. The second-order valence-corrected chi connectivity index (χ2v) is 6.85. The van der Waals surface area contributed by atoms with Gasteiger partial charge in [-0.2, -0.15) is 0 Å². The average Bonchev–Trinajstić information content (AvgIpc) is 3.46. The number of carbonyl (C=O) groups is 1. The van der Waals surface area contributed by atoms with E-state index in [0.717, 1.165) is 21.9 Å². The molecule has 0 bridgehead atoms. The van der Waals surface area contributed by atoms with E-state index in [0.29, 0.717) is 6.42 Å². The van der Waals surface area contributed by atoms with Gasteiger partial charge in [-0.05, 0) is 52.4 Å². The van der Waals surface area contributed by atoms with E-state index >= 15 is 0 Å². The van der Waals surface area contributed by atoms with E-state index in [2.05, 4.69) is 5.32 Å². The molecule has 0 aromatic heterocycles. The summed E-state index contributed by atoms with van der Waals surface area (Å²) in [6, 6.07) is 19.9. The van der Waals surface area contributed by atoms with Crippen LogP contribution < -0.4 is 5.32 Å². The predicted molar refractivity (Wildman–Crippen MR) is 99.2 cm³/mol. The molecule has 3 aromatic carbocycles. The monoisotopic (exact) mass is 349 g/mol. The third-order valence-corrected chi connectivity index (χ3v) is 5.08. The van der Waals surface area contributed by atoms with Crippen LogP contribution >= 0.6 is 0 Å². The fourth-order valence-corrected chi connectivity index (χ4v) is 3.53. The number of aliphatic hydroxyl groups is 1. The molecule has 4 heteroatoms. The largest absolute Gasteiger partial charge is 0.394 e. The molecule has 3 aromatic rings. The minimum Gasteiger partial charge on any atom is -0.394 e. The molecule has 0 aliphatic heterocycles. The van der Waals surface area contributed by atoms with Gasteiger partial charge in [0.05, 0.1) is 12.6 Å². The highest BCUT2D eigenvalue weighted by Crippen LogP contribution is 2.47. The van der Waals surface area contributed by atoms with E-state index in [1.165, 1.54) is 12.1 Å². The second-order valence-electron chi connectivity index (χ2n) is 6.85. The zero-order valence-corrected chi connectivity index (χ0v) is 14.2. The van der Waals surface area contributed by atoms with E-state index in [-0.39, 0.29) is 30.2 Å². The van der Waals surface area contributed by atoms with Gasteiger partial charge in [0.25, 0.3) is 0 Å². The van der Waals surface area contributed by atoms with Gasteiger partial charge in [0, 0.05) is 5.92 Å². The Kier molecular flexibility index (Phi) is 4.43. The van der Waals surface area contributed by atoms with Crippen molar-refractivity contribution in [2.75, 3.05) is 6.61 Å². The lowest BCUT2D eigenvalue weighted by Crippen LogP contribution is -2.32. The van der Waals surface area contributed by atoms with Gasteiger partial charge in [0.1, 0.15) is 5.82 Å². The molecule has 3 atom stereocenters. The van der Waals surface area contributed by atoms with Crippen LogP contribution in [0.15, 0.2) is 66.7 Å². The lowest BCUT2D eigenvalue weighted by molar-refractivity contribution is -0.123. The topological polar surface area (TPSA) is 49.3 Å². The smallest absolute Gasteiger partial charge is 0.224 e. The molecular weight excluding hydrogens is 329 g/mol. The van der Waals surface area contributed by atoms with Crippen LogP contribution in [0.3, 0.4) is 0 Å². The van der Waals surface area contributed by atoms with Crippen molar-refractivity contribution >= 4 is 16.7 Å². The number of nitrogens with one attached hydrogen (secondary N) is 1. The van der Waals surface area contributed by atoms with E-state index in [4.69, 9.17) is 0 Å². The van der Waals surface area contributed by atoms with Crippen molar-refractivity contribution in [2.45, 2.75) is 18.4 Å². The van der Waals surface area contributed by atoms with Crippen LogP contribution in [0.2, 0.25) is 0 Å². The van der Waals surface area contributed by atoms with Crippen LogP contribution in [0, 0.1) is 11.7 Å². The molecule has 1 aliphatic carbocycles. The molecule has 4 rings (SSSR count). The molecule has 1 amide bonds. The van der Waals surface area contributed by atoms with E-state index in [1.54, 1.807) is 6.07 Å². The normalized spacial score (nSPS) is 19.9. The highest BCUT2D eigenvalue weighted by atomic mass is 19.1. The third-order valence-electron chi connectivity index (χ3n) is 5.08. The summed E-state index contributed by atoms with van der Waals surface area (Å²) < 4.78 is 13.4. The molecule has 26 heavy (non-hydrogen) atoms. The SMILES string of the molecule is O=C(NC(CO)c1ccc2ccccc2c1)C1CC1c1cccc(F)c1. The van der Waals surface area contributed by atoms with Gasteiger partial charge in [-0.15, -0.1) is 0 Å². The lowest BCUT2D eigenvalue weighted by Gasteiger charge is -2.17. The van der Waals surface area contributed by atoms with Crippen molar-refractivity contribution in [2.24, 2.45) is 5.92 Å². The fraction of sp³-hybridized carbons (Fsp3) is 0.227. The Hall–Kier alpha value is -2.72. The van der Waals surface area contributed by atoms with Crippen LogP contribution in [-0.2, 0) is 4.79 Å². The summed E-state index contributed by atoms with van der Waals surface area (Å²) in [5.74, 6) is -0.475. The minimum atomic E-state index is -0.444. The molecule has 0 spiro atoms. The second kappa shape index (κ2) is 6.89. The summed E-state index contributed by atoms with van der Waals surface area (Å²) >= 11 is 0. The van der Waals surface area contributed by atoms with Crippen LogP contribution in [0.1, 0.15) is 29.5 Å². The standard InChI is InChI=1S/C22H20FNO2/c23-18-7-3-6-16(11-18)19-12-20(19)22(26)24-21(13-25)17-9-8-14-4-1-2-5-15(14)10-17/h1-11,19-21,25H,12-13H2,(H,24,26). The Balaban J connectivity index is 1.47. The third kappa shape index (κ3) is 3.33. The summed E-state index contributed by atoms with van der Waals surface area (Å²) in [4.78, 5) is 12.6. The number of benzene rings is 3. The first-order valence-corrected chi connectivity index (χ1v) is 8.81. The Bertz CT molecular complexity index is 956. The number of hydrogen-bond acceptors (Lipinski definition) is 2. The maximum Gasteiger partial charge on any atom is 0.224 e. The Morgan fingerprint density at radius 2 is 1.88 bits per heavy atom. The van der Waals surface area contributed by atoms with Gasteiger partial charge in [-0.25, -0.2) is 4.39 Å². The number of aliphatic hydroxyl groups excluding tert-OH is 1. The molecule has 0 saturated heterocycles. The van der Waals surface area contributed by atoms with Gasteiger partial charge in [-0.1, -0.05) is 48.5 Å². The molecule has 1 fully saturated rings. The van der Waals surface area contributed by atoms with Gasteiger partial charge in [0.2, 0.25) is 5.91 Å². The summed E-state index contributed by atoms with van der Waals surface area (Å²) in [6.45, 7) is -0.165. The number of rotatable bonds is 5. The van der Waals surface area contributed by atoms with Gasteiger partial charge in [0.15, 0.2) is 0 Å². The number of fused-ring (bicyclic) bond motifs is 1. The van der Waals surface area contributed by atoms with Crippen molar-refractivity contribution < 1.29 is 14.3 Å². The Morgan fingerprint density at radius 3 is 2.65 bits per heavy atom. The molecule has 132 valence electrons. The summed E-state index contributed by atoms with van der Waals surface area (Å²) in [7, 11) is 0. The van der Waals surface area contributed by atoms with Gasteiger partial charge >= 0.3 is 0 Å². The van der Waals surface area contributed by atoms with Crippen LogP contribution in [0.5, 0.6) is 0 Å². The highest BCUT2D eigenvalue weighted by molar-refractivity contribution is 5.85. The zero-order chi connectivity index (χ0) is 18.1. The van der Waals surface area contributed by atoms with Crippen LogP contribution in [-0.4, -0.2) is 17.6 Å². The van der Waals surface area contributed by atoms with Crippen LogP contribution in [0.4, 0.5) is 4.39 Å². The number of amides is 1. The van der Waals surface area contributed by atoms with Crippen molar-refractivity contribution in [3.05, 3.63) is 83.7 Å². The van der Waals surface area contributed by atoms with Crippen molar-refractivity contribution in [3.63, 3.8) is 0 Å². The highest BCUT2D eigenvalue weighted by Gasteiger charge is 2.44. The molecule has 0 heterocycles. The summed E-state index contributed by atoms with van der Waals surface area (Å²) in [5.41, 5.74) is 1.74. The molecular formula is C22H20FNO2. The Morgan fingerprint density at radius 1 is 1.08 bits per heavy atom. The number of carbonyl (C=O) groups excluding carboxylic acids is 1. The van der Waals surface area contributed by atoms with Crippen LogP contribution in [0.25, 0.3) is 10.8 Å². The maximum atomic E-state index is 13.4. The molecule has 3 nitrogen and oxygen atoms in total. The van der Waals surface area contributed by atoms with Gasteiger partial charge in [-0.3, -0.25) is 4.79 Å². The van der Waals surface area contributed by atoms with Gasteiger partial charge < -0.3 is 10.4 Å². The summed E-state index contributed by atoms with van der Waals surface area (Å²) in [6.07, 6.45) is 0.713. The lowest BCUT2D eigenvalue weighted by atomic mass is 10.0. The van der Waals surface area contributed by atoms with E-state index in [9.17, 15) is 14.3 Å². The maximum absolute atomic E-state index is 13.4. The molecule has 2 N–H and O–H groups in total. The number of hydrogen-bond donors (Lipinski definition) is 2. The average molecular weight is 349 g/mol. The Labute approximate surface area is 151 Å². The van der Waals surface area contributed by atoms with E-state index in [1.807, 2.05) is 48.5 Å².